The van der Waals surface area contributed by atoms with Crippen LogP contribution in [0.5, 0.6) is 0 Å². The molecule has 2 rings (SSSR count). The summed E-state index contributed by atoms with van der Waals surface area (Å²) in [6, 6.07) is 10.3. The highest BCUT2D eigenvalue weighted by molar-refractivity contribution is 6.62. The van der Waals surface area contributed by atoms with Gasteiger partial charge in [0, 0.05) is 33.6 Å². The highest BCUT2D eigenvalue weighted by Gasteiger charge is 2.50. The maximum atomic E-state index is 5.76. The Bertz CT molecular complexity index is 468. The first-order valence-corrected chi connectivity index (χ1v) is 9.65. The summed E-state index contributed by atoms with van der Waals surface area (Å²) in [6.45, 7) is 5.30. The van der Waals surface area contributed by atoms with Crippen molar-refractivity contribution in [2.45, 2.75) is 31.3 Å². The fourth-order valence-corrected chi connectivity index (χ4v) is 5.79. The molecule has 122 valence electrons. The van der Waals surface area contributed by atoms with Crippen LogP contribution < -0.4 is 0 Å². The number of benzene rings is 1. The van der Waals surface area contributed by atoms with Gasteiger partial charge in [0.15, 0.2) is 0 Å². The van der Waals surface area contributed by atoms with Crippen LogP contribution in [0.25, 0.3) is 5.70 Å². The summed E-state index contributed by atoms with van der Waals surface area (Å²) in [5.41, 5.74) is 2.28. The van der Waals surface area contributed by atoms with E-state index in [1.807, 2.05) is 18.2 Å². The van der Waals surface area contributed by atoms with Crippen molar-refractivity contribution in [3.8, 4) is 0 Å². The van der Waals surface area contributed by atoms with Crippen molar-refractivity contribution < 1.29 is 13.3 Å². The van der Waals surface area contributed by atoms with Gasteiger partial charge in [-0.2, -0.15) is 0 Å². The van der Waals surface area contributed by atoms with Gasteiger partial charge >= 0.3 is 8.80 Å². The van der Waals surface area contributed by atoms with Gasteiger partial charge in [-0.1, -0.05) is 49.8 Å². The van der Waals surface area contributed by atoms with Crippen molar-refractivity contribution in [2.75, 3.05) is 27.9 Å². The molecule has 0 bridgehead atoms. The van der Waals surface area contributed by atoms with Gasteiger partial charge in [0.1, 0.15) is 0 Å². The molecule has 1 unspecified atom stereocenters. The smallest absolute Gasteiger partial charge is 0.376 e. The predicted molar refractivity (Wildman–Crippen MR) is 91.2 cm³/mol. The first kappa shape index (κ1) is 17.2. The molecule has 22 heavy (non-hydrogen) atoms. The van der Waals surface area contributed by atoms with Crippen molar-refractivity contribution in [3.63, 3.8) is 0 Å². The first-order valence-electron chi connectivity index (χ1n) is 7.85. The van der Waals surface area contributed by atoms with E-state index in [1.54, 1.807) is 21.3 Å². The van der Waals surface area contributed by atoms with Crippen molar-refractivity contribution in [2.24, 2.45) is 0 Å². The molecule has 0 aromatic heterocycles. The monoisotopic (exact) mass is 321 g/mol. The molecule has 4 nitrogen and oxygen atoms in total. The summed E-state index contributed by atoms with van der Waals surface area (Å²) < 4.78 is 17.3. The van der Waals surface area contributed by atoms with E-state index < -0.39 is 8.80 Å². The molecule has 1 aromatic rings. The van der Waals surface area contributed by atoms with E-state index in [9.17, 15) is 0 Å². The maximum absolute atomic E-state index is 5.76. The molecule has 1 aliphatic heterocycles. The van der Waals surface area contributed by atoms with Crippen LogP contribution in [0, 0.1) is 0 Å². The van der Waals surface area contributed by atoms with Crippen LogP contribution in [0.1, 0.15) is 31.2 Å². The van der Waals surface area contributed by atoms with Crippen molar-refractivity contribution in [1.29, 1.82) is 0 Å². The van der Waals surface area contributed by atoms with Crippen molar-refractivity contribution in [3.05, 3.63) is 42.5 Å². The zero-order valence-electron chi connectivity index (χ0n) is 13.9. The van der Waals surface area contributed by atoms with E-state index in [2.05, 4.69) is 23.6 Å². The third-order valence-corrected chi connectivity index (χ3v) is 7.59. The topological polar surface area (TPSA) is 30.9 Å². The normalized spacial score (nSPS) is 19.8. The SMILES string of the molecule is C=C(c1ccccc1)N1CCCCCC1[Si](OC)(OC)OC. The fourth-order valence-electron chi connectivity index (χ4n) is 3.25. The molecular weight excluding hydrogens is 294 g/mol. The second-order valence-corrected chi connectivity index (χ2v) is 8.69. The van der Waals surface area contributed by atoms with Crippen LogP contribution in [0.2, 0.25) is 0 Å². The molecule has 0 spiro atoms. The largest absolute Gasteiger partial charge is 0.523 e. The van der Waals surface area contributed by atoms with Gasteiger partial charge in [-0.25, -0.2) is 0 Å². The Morgan fingerprint density at radius 3 is 2.27 bits per heavy atom. The quantitative estimate of drug-likeness (QED) is 0.752. The Labute approximate surface area is 135 Å². The lowest BCUT2D eigenvalue weighted by Crippen LogP contribution is -2.60. The molecule has 0 aliphatic carbocycles. The Morgan fingerprint density at radius 2 is 1.68 bits per heavy atom. The van der Waals surface area contributed by atoms with Gasteiger partial charge in [0.05, 0.1) is 5.67 Å². The first-order chi connectivity index (χ1) is 10.7. The Hall–Kier alpha value is -1.14. The molecule has 1 aromatic carbocycles. The number of likely N-dealkylation sites (tertiary alicyclic amines) is 1. The minimum Gasteiger partial charge on any atom is -0.376 e. The van der Waals surface area contributed by atoms with Crippen LogP contribution >= 0.6 is 0 Å². The van der Waals surface area contributed by atoms with E-state index >= 15 is 0 Å². The summed E-state index contributed by atoms with van der Waals surface area (Å²) in [5.74, 6) is 0. The number of hydrogen-bond acceptors (Lipinski definition) is 4. The molecule has 0 amide bonds. The Balaban J connectivity index is 2.33. The molecule has 1 fully saturated rings. The third kappa shape index (κ3) is 3.43. The van der Waals surface area contributed by atoms with Gasteiger partial charge in [-0.3, -0.25) is 0 Å². The molecule has 1 saturated heterocycles. The van der Waals surface area contributed by atoms with Gasteiger partial charge in [0.2, 0.25) is 0 Å². The lowest BCUT2D eigenvalue weighted by Gasteiger charge is -2.41. The summed E-state index contributed by atoms with van der Waals surface area (Å²) in [6.07, 6.45) is 4.54. The predicted octanol–water partition coefficient (Wildman–Crippen LogP) is 3.32. The fraction of sp³-hybridized carbons (Fsp3) is 0.529. The second kappa shape index (κ2) is 7.92. The van der Waals surface area contributed by atoms with Crippen LogP contribution in [-0.2, 0) is 13.3 Å². The summed E-state index contributed by atoms with van der Waals surface area (Å²) in [4.78, 5) is 2.34. The molecule has 1 aliphatic rings. The van der Waals surface area contributed by atoms with Crippen LogP contribution in [0.15, 0.2) is 36.9 Å². The van der Waals surface area contributed by atoms with E-state index in [0.717, 1.165) is 37.1 Å². The lowest BCUT2D eigenvalue weighted by atomic mass is 10.1. The zero-order chi connectivity index (χ0) is 16.0. The average Bonchev–Trinajstić information content (AvgIpc) is 2.84. The maximum Gasteiger partial charge on any atom is 0.523 e. The molecule has 1 heterocycles. The minimum absolute atomic E-state index is 0.114. The van der Waals surface area contributed by atoms with Crippen LogP contribution in [0.4, 0.5) is 0 Å². The molecule has 0 N–H and O–H groups in total. The summed E-state index contributed by atoms with van der Waals surface area (Å²) in [5, 5.41) is 0. The number of rotatable bonds is 6. The Morgan fingerprint density at radius 1 is 1.05 bits per heavy atom. The summed E-state index contributed by atoms with van der Waals surface area (Å²) >= 11 is 0. The molecule has 5 heteroatoms. The summed E-state index contributed by atoms with van der Waals surface area (Å²) in [7, 11) is 2.32. The van der Waals surface area contributed by atoms with Crippen molar-refractivity contribution >= 4 is 14.5 Å². The van der Waals surface area contributed by atoms with E-state index in [4.69, 9.17) is 13.3 Å². The third-order valence-electron chi connectivity index (χ3n) is 4.47. The van der Waals surface area contributed by atoms with Gasteiger partial charge < -0.3 is 18.2 Å². The minimum atomic E-state index is -2.74. The standard InChI is InChI=1S/C17H27NO3Si/c1-15(16-11-7-5-8-12-16)18-14-10-6-9-13-17(18)22(19-2,20-3)21-4/h5,7-8,11-12,17H,1,6,9-10,13-14H2,2-4H3. The van der Waals surface area contributed by atoms with Crippen LogP contribution in [0.3, 0.4) is 0 Å². The zero-order valence-corrected chi connectivity index (χ0v) is 14.9. The van der Waals surface area contributed by atoms with E-state index in [1.165, 1.54) is 6.42 Å². The van der Waals surface area contributed by atoms with Gasteiger partial charge in [0.25, 0.3) is 0 Å². The lowest BCUT2D eigenvalue weighted by molar-refractivity contribution is 0.0886. The Kier molecular flexibility index (Phi) is 6.20. The number of hydrogen-bond donors (Lipinski definition) is 0. The van der Waals surface area contributed by atoms with E-state index in [0.29, 0.717) is 0 Å². The molecular formula is C17H27NO3Si. The van der Waals surface area contributed by atoms with Crippen LogP contribution in [-0.4, -0.2) is 47.2 Å². The van der Waals surface area contributed by atoms with Gasteiger partial charge in [-0.05, 0) is 18.4 Å². The highest BCUT2D eigenvalue weighted by Crippen LogP contribution is 2.31. The average molecular weight is 321 g/mol. The number of nitrogens with zero attached hydrogens (tertiary/aromatic N) is 1. The molecule has 0 saturated carbocycles. The van der Waals surface area contributed by atoms with Gasteiger partial charge in [-0.15, -0.1) is 0 Å². The van der Waals surface area contributed by atoms with Crippen molar-refractivity contribution in [1.82, 2.24) is 4.90 Å². The second-order valence-electron chi connectivity index (χ2n) is 5.59. The molecule has 0 radical (unpaired) electrons. The molecule has 1 atom stereocenters. The highest BCUT2D eigenvalue weighted by atomic mass is 28.4. The van der Waals surface area contributed by atoms with E-state index in [-0.39, 0.29) is 5.67 Å².